The lowest BCUT2D eigenvalue weighted by Gasteiger charge is -2.36. The van der Waals surface area contributed by atoms with Crippen molar-refractivity contribution in [1.29, 1.82) is 0 Å². The Labute approximate surface area is 168 Å². The zero-order valence-electron chi connectivity index (χ0n) is 14.6. The summed E-state index contributed by atoms with van der Waals surface area (Å²) in [6.07, 6.45) is 0.609. The standard InChI is InChI=1S/C17H18BrFN6O3/c18-14-2-1-11(20)15(24-14)16(26)23-12-6-21-4-3-13(12)25-7-9(19)5-10(8-25)22-17(27)28/h1-4,6,9-10,22H,5,7-8,20H2,(H,23,26)(H,27,28)/t9-,10+/m1/s1. The normalized spacial score (nSPS) is 19.1. The molecule has 3 rings (SSSR count). The molecule has 2 atom stereocenters. The first-order valence-corrected chi connectivity index (χ1v) is 9.18. The lowest BCUT2D eigenvalue weighted by molar-refractivity contribution is 0.102. The van der Waals surface area contributed by atoms with E-state index in [9.17, 15) is 14.0 Å². The Balaban J connectivity index is 1.83. The second-order valence-electron chi connectivity index (χ2n) is 6.30. The van der Waals surface area contributed by atoms with Crippen molar-refractivity contribution < 1.29 is 19.1 Å². The van der Waals surface area contributed by atoms with Crippen molar-refractivity contribution in [3.8, 4) is 0 Å². The van der Waals surface area contributed by atoms with Crippen molar-refractivity contribution in [2.75, 3.05) is 29.0 Å². The number of hydrogen-bond acceptors (Lipinski definition) is 6. The van der Waals surface area contributed by atoms with Crippen LogP contribution in [0.1, 0.15) is 16.9 Å². The van der Waals surface area contributed by atoms with Gasteiger partial charge in [0.2, 0.25) is 0 Å². The molecule has 1 fully saturated rings. The van der Waals surface area contributed by atoms with E-state index in [2.05, 4.69) is 36.5 Å². The summed E-state index contributed by atoms with van der Waals surface area (Å²) in [4.78, 5) is 33.3. The zero-order valence-corrected chi connectivity index (χ0v) is 16.2. The van der Waals surface area contributed by atoms with Crippen LogP contribution in [0.5, 0.6) is 0 Å². The van der Waals surface area contributed by atoms with E-state index in [1.165, 1.54) is 12.4 Å². The van der Waals surface area contributed by atoms with E-state index in [4.69, 9.17) is 10.8 Å². The number of aromatic nitrogens is 2. The molecule has 1 aliphatic rings. The number of nitrogens with two attached hydrogens (primary N) is 1. The number of alkyl halides is 1. The van der Waals surface area contributed by atoms with Crippen LogP contribution >= 0.6 is 15.9 Å². The highest BCUT2D eigenvalue weighted by molar-refractivity contribution is 9.10. The van der Waals surface area contributed by atoms with Gasteiger partial charge < -0.3 is 26.4 Å². The van der Waals surface area contributed by atoms with Crippen LogP contribution in [0.2, 0.25) is 0 Å². The van der Waals surface area contributed by atoms with Gasteiger partial charge in [0.25, 0.3) is 5.91 Å². The Morgan fingerprint density at radius 3 is 2.86 bits per heavy atom. The molecule has 2 amide bonds. The summed E-state index contributed by atoms with van der Waals surface area (Å²) >= 11 is 3.20. The van der Waals surface area contributed by atoms with Crippen LogP contribution in [0, 0.1) is 0 Å². The van der Waals surface area contributed by atoms with Gasteiger partial charge in [0.1, 0.15) is 10.8 Å². The van der Waals surface area contributed by atoms with Gasteiger partial charge in [-0.05, 0) is 34.1 Å². The first-order valence-electron chi connectivity index (χ1n) is 8.39. The number of carbonyl (C=O) groups excluding carboxylic acids is 1. The molecule has 3 heterocycles. The van der Waals surface area contributed by atoms with Crippen LogP contribution < -0.4 is 21.3 Å². The lowest BCUT2D eigenvalue weighted by atomic mass is 10.0. The van der Waals surface area contributed by atoms with Gasteiger partial charge in [-0.15, -0.1) is 0 Å². The molecular formula is C17H18BrFN6O3. The maximum absolute atomic E-state index is 14.2. The van der Waals surface area contributed by atoms with E-state index < -0.39 is 24.2 Å². The fourth-order valence-electron chi connectivity index (χ4n) is 3.08. The predicted octanol–water partition coefficient (Wildman–Crippen LogP) is 2.26. The number of hydrogen-bond donors (Lipinski definition) is 4. The van der Waals surface area contributed by atoms with Crippen molar-refractivity contribution in [1.82, 2.24) is 15.3 Å². The summed E-state index contributed by atoms with van der Waals surface area (Å²) in [6.45, 7) is 0.332. The Morgan fingerprint density at radius 1 is 1.32 bits per heavy atom. The lowest BCUT2D eigenvalue weighted by Crippen LogP contribution is -2.51. The van der Waals surface area contributed by atoms with Crippen molar-refractivity contribution in [3.05, 3.63) is 40.9 Å². The van der Waals surface area contributed by atoms with Crippen molar-refractivity contribution in [2.24, 2.45) is 0 Å². The SMILES string of the molecule is Nc1ccc(Br)nc1C(=O)Nc1cnccc1N1C[C@H](F)C[C@H](NC(=O)O)C1. The smallest absolute Gasteiger partial charge is 0.404 e. The summed E-state index contributed by atoms with van der Waals surface area (Å²) in [7, 11) is 0. The average molecular weight is 453 g/mol. The minimum absolute atomic E-state index is 0.0385. The van der Waals surface area contributed by atoms with Crippen LogP contribution in [0.4, 0.5) is 26.2 Å². The molecule has 0 aliphatic carbocycles. The maximum atomic E-state index is 14.2. The van der Waals surface area contributed by atoms with E-state index >= 15 is 0 Å². The minimum atomic E-state index is -1.22. The molecule has 11 heteroatoms. The second kappa shape index (κ2) is 8.38. The Morgan fingerprint density at radius 2 is 2.11 bits per heavy atom. The number of anilines is 3. The third kappa shape index (κ3) is 4.66. The molecule has 2 aromatic rings. The highest BCUT2D eigenvalue weighted by Crippen LogP contribution is 2.29. The summed E-state index contributed by atoms with van der Waals surface area (Å²) in [5, 5.41) is 13.9. The number of pyridine rings is 2. The van der Waals surface area contributed by atoms with Gasteiger partial charge in [-0.3, -0.25) is 9.78 Å². The number of nitrogen functional groups attached to an aromatic ring is 1. The molecule has 28 heavy (non-hydrogen) atoms. The van der Waals surface area contributed by atoms with Gasteiger partial charge in [0, 0.05) is 25.7 Å². The van der Waals surface area contributed by atoms with Crippen LogP contribution in [0.15, 0.2) is 35.2 Å². The first kappa shape index (κ1) is 19.8. The number of nitrogens with zero attached hydrogens (tertiary/aromatic N) is 3. The molecule has 5 N–H and O–H groups in total. The highest BCUT2D eigenvalue weighted by atomic mass is 79.9. The third-order valence-corrected chi connectivity index (χ3v) is 4.66. The van der Waals surface area contributed by atoms with Gasteiger partial charge in [-0.1, -0.05) is 0 Å². The van der Waals surface area contributed by atoms with Gasteiger partial charge in [-0.2, -0.15) is 0 Å². The molecule has 1 saturated heterocycles. The molecule has 148 valence electrons. The number of amides is 2. The third-order valence-electron chi connectivity index (χ3n) is 4.22. The minimum Gasteiger partial charge on any atom is -0.465 e. The Bertz CT molecular complexity index is 899. The van der Waals surface area contributed by atoms with Crippen LogP contribution in [0.25, 0.3) is 0 Å². The molecular weight excluding hydrogens is 435 g/mol. The number of halogens is 2. The second-order valence-corrected chi connectivity index (χ2v) is 7.12. The van der Waals surface area contributed by atoms with E-state index in [-0.39, 0.29) is 30.9 Å². The van der Waals surface area contributed by atoms with Gasteiger partial charge in [-0.25, -0.2) is 14.2 Å². The van der Waals surface area contributed by atoms with Crippen LogP contribution in [-0.2, 0) is 0 Å². The fraction of sp³-hybridized carbons (Fsp3) is 0.294. The molecule has 0 aromatic carbocycles. The van der Waals surface area contributed by atoms with Gasteiger partial charge in [0.05, 0.1) is 29.3 Å². The summed E-state index contributed by atoms with van der Waals surface area (Å²) < 4.78 is 14.6. The molecule has 1 aliphatic heterocycles. The van der Waals surface area contributed by atoms with Crippen molar-refractivity contribution in [2.45, 2.75) is 18.6 Å². The Kier molecular flexibility index (Phi) is 5.93. The van der Waals surface area contributed by atoms with Crippen molar-refractivity contribution >= 4 is 45.0 Å². The number of carboxylic acid groups (broad SMARTS) is 1. The topological polar surface area (TPSA) is 133 Å². The summed E-state index contributed by atoms with van der Waals surface area (Å²) in [6, 6.07) is 4.23. The van der Waals surface area contributed by atoms with E-state index in [0.29, 0.717) is 16.0 Å². The maximum Gasteiger partial charge on any atom is 0.404 e. The highest BCUT2D eigenvalue weighted by Gasteiger charge is 2.29. The number of rotatable bonds is 4. The Hall–Kier alpha value is -2.95. The molecule has 0 spiro atoms. The molecule has 0 bridgehead atoms. The predicted molar refractivity (Wildman–Crippen MR) is 105 cm³/mol. The van der Waals surface area contributed by atoms with Gasteiger partial charge >= 0.3 is 6.09 Å². The van der Waals surface area contributed by atoms with Crippen LogP contribution in [-0.4, -0.2) is 52.4 Å². The average Bonchev–Trinajstić information content (AvgIpc) is 2.63. The first-order chi connectivity index (χ1) is 13.3. The molecule has 9 nitrogen and oxygen atoms in total. The van der Waals surface area contributed by atoms with Crippen molar-refractivity contribution in [3.63, 3.8) is 0 Å². The van der Waals surface area contributed by atoms with E-state index in [1.54, 1.807) is 23.1 Å². The summed E-state index contributed by atoms with van der Waals surface area (Å²) in [5.74, 6) is -0.540. The number of carbonyl (C=O) groups is 2. The fourth-order valence-corrected chi connectivity index (χ4v) is 3.39. The van der Waals surface area contributed by atoms with E-state index in [1.807, 2.05) is 0 Å². The zero-order chi connectivity index (χ0) is 20.3. The summed E-state index contributed by atoms with van der Waals surface area (Å²) in [5.41, 5.74) is 6.94. The quantitative estimate of drug-likeness (QED) is 0.522. The molecule has 0 unspecified atom stereocenters. The molecule has 0 saturated carbocycles. The molecule has 0 radical (unpaired) electrons. The largest absolute Gasteiger partial charge is 0.465 e. The number of piperidine rings is 1. The monoisotopic (exact) mass is 452 g/mol. The van der Waals surface area contributed by atoms with Crippen LogP contribution in [0.3, 0.4) is 0 Å². The van der Waals surface area contributed by atoms with Gasteiger partial charge in [0.15, 0.2) is 5.69 Å². The van der Waals surface area contributed by atoms with E-state index in [0.717, 1.165) is 0 Å². The molecule has 2 aromatic heterocycles. The number of nitrogens with one attached hydrogen (secondary N) is 2.